The molecule has 114 valence electrons. The molecule has 1 aromatic carbocycles. The Balaban J connectivity index is 1.80. The number of hydrogen-bond acceptors (Lipinski definition) is 5. The topological polar surface area (TPSA) is 77.3 Å². The third kappa shape index (κ3) is 4.73. The number of likely N-dealkylation sites (N-methyl/N-ethyl adjacent to an activating group) is 1. The van der Waals surface area contributed by atoms with Gasteiger partial charge in [0.1, 0.15) is 11.4 Å². The van der Waals surface area contributed by atoms with Crippen molar-refractivity contribution in [3.8, 4) is 0 Å². The van der Waals surface area contributed by atoms with Crippen LogP contribution >= 0.6 is 0 Å². The summed E-state index contributed by atoms with van der Waals surface area (Å²) in [7, 11) is 1.92. The van der Waals surface area contributed by atoms with Gasteiger partial charge in [0.05, 0.1) is 23.6 Å². The number of nitrogens with one attached hydrogen (secondary N) is 1. The molecular weight excluding hydrogens is 288 g/mol. The minimum absolute atomic E-state index is 0.0554. The zero-order chi connectivity index (χ0) is 15.1. The molecule has 1 aliphatic rings. The zero-order valence-electron chi connectivity index (χ0n) is 12.1. The van der Waals surface area contributed by atoms with Gasteiger partial charge >= 0.3 is 0 Å². The molecule has 6 nitrogen and oxygen atoms in total. The predicted octanol–water partition coefficient (Wildman–Crippen LogP) is 2.45. The first-order chi connectivity index (χ1) is 10.2. The van der Waals surface area contributed by atoms with E-state index in [4.69, 9.17) is 5.11 Å². The van der Waals surface area contributed by atoms with Gasteiger partial charge in [0.2, 0.25) is 5.91 Å². The summed E-state index contributed by atoms with van der Waals surface area (Å²) >= 11 is 1.14. The Bertz CT molecular complexity index is 570. The molecule has 1 heterocycles. The quantitative estimate of drug-likeness (QED) is 0.735. The van der Waals surface area contributed by atoms with E-state index in [1.54, 1.807) is 0 Å². The monoisotopic (exact) mass is 308 g/mol. The van der Waals surface area contributed by atoms with Crippen LogP contribution in [0.15, 0.2) is 26.9 Å². The fourth-order valence-corrected chi connectivity index (χ4v) is 2.64. The molecule has 0 atom stereocenters. The lowest BCUT2D eigenvalue weighted by atomic mass is 10.2. The first-order valence-electron chi connectivity index (χ1n) is 7.01. The van der Waals surface area contributed by atoms with Gasteiger partial charge in [-0.1, -0.05) is 6.07 Å². The second-order valence-corrected chi connectivity index (χ2v) is 5.54. The van der Waals surface area contributed by atoms with Crippen molar-refractivity contribution in [3.05, 3.63) is 18.2 Å². The normalized spacial score (nSPS) is 12.3. The van der Waals surface area contributed by atoms with Crippen LogP contribution < -0.4 is 5.32 Å². The largest absolute Gasteiger partial charge is 0.396 e. The van der Waals surface area contributed by atoms with Gasteiger partial charge in [-0.25, -0.2) is 0 Å². The number of benzene rings is 1. The van der Waals surface area contributed by atoms with Gasteiger partial charge in [-0.15, -0.1) is 0 Å². The average molecular weight is 308 g/mol. The number of hydrogen-bond donors (Lipinski definition) is 2. The lowest BCUT2D eigenvalue weighted by molar-refractivity contribution is -0.117. The van der Waals surface area contributed by atoms with Crippen molar-refractivity contribution in [1.82, 2.24) is 4.90 Å². The van der Waals surface area contributed by atoms with Crippen LogP contribution in [-0.2, 0) is 16.1 Å². The molecule has 0 radical (unpaired) electrons. The van der Waals surface area contributed by atoms with E-state index in [1.807, 2.05) is 30.1 Å². The Morgan fingerprint density at radius 2 is 2.19 bits per heavy atom. The van der Waals surface area contributed by atoms with Crippen molar-refractivity contribution in [2.45, 2.75) is 19.3 Å². The second-order valence-electron chi connectivity index (χ2n) is 5.01. The van der Waals surface area contributed by atoms with Crippen LogP contribution in [-0.4, -0.2) is 42.7 Å². The highest BCUT2D eigenvalue weighted by Crippen LogP contribution is 2.38. The lowest BCUT2D eigenvalue weighted by Crippen LogP contribution is -2.30. The maximum absolute atomic E-state index is 12.0. The van der Waals surface area contributed by atoms with E-state index in [-0.39, 0.29) is 12.5 Å². The molecule has 2 N–H and O–H groups in total. The summed E-state index contributed by atoms with van der Waals surface area (Å²) in [6.07, 6.45) is 2.78. The molecule has 0 fully saturated rings. The maximum Gasteiger partial charge on any atom is 0.238 e. The number of unbranched alkanes of at least 4 members (excludes halogenated alkanes) is 2. The van der Waals surface area contributed by atoms with Crippen molar-refractivity contribution in [2.24, 2.45) is 8.73 Å². The standard InChI is InChI=1S/C14H20N4O2S/c1-18(8-3-2-4-9-19)10-13(20)15-11-6-5-7-12-14(11)17-21-16-12/h5-7,19H,2-4,8-10H2,1H3,(H,15,20). The van der Waals surface area contributed by atoms with Crippen LogP contribution in [0.1, 0.15) is 19.3 Å². The van der Waals surface area contributed by atoms with Crippen LogP contribution in [0.3, 0.4) is 0 Å². The second kappa shape index (κ2) is 8.02. The Morgan fingerprint density at radius 1 is 1.33 bits per heavy atom. The van der Waals surface area contributed by atoms with Gasteiger partial charge in [-0.2, -0.15) is 8.73 Å². The highest BCUT2D eigenvalue weighted by molar-refractivity contribution is 7.58. The third-order valence-corrected chi connectivity index (χ3v) is 3.71. The first-order valence-corrected chi connectivity index (χ1v) is 7.74. The zero-order valence-corrected chi connectivity index (χ0v) is 12.9. The fourth-order valence-electron chi connectivity index (χ4n) is 2.09. The third-order valence-electron chi connectivity index (χ3n) is 3.17. The van der Waals surface area contributed by atoms with Crippen LogP contribution in [0, 0.1) is 0 Å². The fraction of sp³-hybridized carbons (Fsp3) is 0.500. The minimum atomic E-state index is -0.0554. The SMILES string of the molecule is CN(CCCCCO)CC(=O)Nc1cccc2c1N=S=N2. The summed E-state index contributed by atoms with van der Waals surface area (Å²) in [4.78, 5) is 14.0. The van der Waals surface area contributed by atoms with Gasteiger partial charge in [-0.3, -0.25) is 9.69 Å². The molecule has 0 aliphatic carbocycles. The number of anilines is 1. The van der Waals surface area contributed by atoms with E-state index in [0.29, 0.717) is 12.2 Å². The molecule has 0 saturated carbocycles. The summed E-state index contributed by atoms with van der Waals surface area (Å²) in [5.41, 5.74) is 2.25. The van der Waals surface area contributed by atoms with E-state index in [2.05, 4.69) is 14.0 Å². The molecule has 0 unspecified atom stereocenters. The van der Waals surface area contributed by atoms with Crippen LogP contribution in [0.2, 0.25) is 0 Å². The van der Waals surface area contributed by atoms with Gasteiger partial charge < -0.3 is 10.4 Å². The summed E-state index contributed by atoms with van der Waals surface area (Å²) in [6, 6.07) is 5.57. The maximum atomic E-state index is 12.0. The summed E-state index contributed by atoms with van der Waals surface area (Å²) in [6.45, 7) is 1.42. The van der Waals surface area contributed by atoms with Crippen LogP contribution in [0.25, 0.3) is 0 Å². The average Bonchev–Trinajstić information content (AvgIpc) is 2.93. The Kier molecular flexibility index (Phi) is 6.04. The molecule has 0 saturated heterocycles. The van der Waals surface area contributed by atoms with Crippen LogP contribution in [0.4, 0.5) is 17.1 Å². The van der Waals surface area contributed by atoms with Crippen molar-refractivity contribution in [1.29, 1.82) is 0 Å². The Morgan fingerprint density at radius 3 is 3.00 bits per heavy atom. The molecule has 1 aromatic rings. The van der Waals surface area contributed by atoms with Gasteiger partial charge in [0.15, 0.2) is 0 Å². The summed E-state index contributed by atoms with van der Waals surface area (Å²) < 4.78 is 8.35. The predicted molar refractivity (Wildman–Crippen MR) is 85.0 cm³/mol. The van der Waals surface area contributed by atoms with Gasteiger partial charge in [0.25, 0.3) is 0 Å². The van der Waals surface area contributed by atoms with Crippen molar-refractivity contribution in [3.63, 3.8) is 0 Å². The number of nitrogens with zero attached hydrogens (tertiary/aromatic N) is 3. The highest BCUT2D eigenvalue weighted by Gasteiger charge is 2.13. The Labute approximate surface area is 128 Å². The number of fused-ring (bicyclic) bond motifs is 1. The summed E-state index contributed by atoms with van der Waals surface area (Å²) in [5, 5.41) is 11.6. The number of carbonyl (C=O) groups is 1. The molecule has 21 heavy (non-hydrogen) atoms. The number of carbonyl (C=O) groups excluding carboxylic acids is 1. The van der Waals surface area contributed by atoms with Crippen molar-refractivity contribution in [2.75, 3.05) is 32.1 Å². The minimum Gasteiger partial charge on any atom is -0.396 e. The molecule has 0 bridgehead atoms. The van der Waals surface area contributed by atoms with Gasteiger partial charge in [0, 0.05) is 6.61 Å². The van der Waals surface area contributed by atoms with Crippen molar-refractivity contribution >= 4 is 34.3 Å². The number of rotatable bonds is 8. The molecule has 7 heteroatoms. The van der Waals surface area contributed by atoms with Gasteiger partial charge in [-0.05, 0) is 45.0 Å². The van der Waals surface area contributed by atoms with Crippen LogP contribution in [0.5, 0.6) is 0 Å². The molecule has 0 spiro atoms. The summed E-state index contributed by atoms with van der Waals surface area (Å²) in [5.74, 6) is -0.0554. The lowest BCUT2D eigenvalue weighted by Gasteiger charge is -2.16. The van der Waals surface area contributed by atoms with E-state index >= 15 is 0 Å². The van der Waals surface area contributed by atoms with E-state index in [1.165, 1.54) is 0 Å². The number of amides is 1. The van der Waals surface area contributed by atoms with E-state index in [9.17, 15) is 4.79 Å². The molecule has 0 aromatic heterocycles. The Hall–Kier alpha value is -1.57. The first kappa shape index (κ1) is 15.8. The smallest absolute Gasteiger partial charge is 0.238 e. The molecule has 1 amide bonds. The molecular formula is C14H20N4O2S. The van der Waals surface area contributed by atoms with E-state index < -0.39 is 0 Å². The highest BCUT2D eigenvalue weighted by atomic mass is 32.1. The number of aliphatic hydroxyl groups excluding tert-OH is 1. The molecule has 2 rings (SSSR count). The number of aliphatic hydroxyl groups is 1. The molecule has 1 aliphatic heterocycles. The van der Waals surface area contributed by atoms with Crippen molar-refractivity contribution < 1.29 is 9.90 Å². The van der Waals surface area contributed by atoms with E-state index in [0.717, 1.165) is 48.5 Å².